The van der Waals surface area contributed by atoms with Gasteiger partial charge in [0.05, 0.1) is 10.1 Å². The van der Waals surface area contributed by atoms with E-state index in [0.29, 0.717) is 30.3 Å². The van der Waals surface area contributed by atoms with Crippen LogP contribution in [0.25, 0.3) is 0 Å². The fraction of sp³-hybridized carbons (Fsp3) is 0.348. The molecule has 0 aromatic heterocycles. The third-order valence-corrected chi connectivity index (χ3v) is 7.82. The molecule has 3 rings (SSSR count). The fourth-order valence-corrected chi connectivity index (χ4v) is 5.52. The number of nitrogens with zero attached hydrogens (tertiary/aromatic N) is 1. The van der Waals surface area contributed by atoms with E-state index in [1.165, 1.54) is 12.1 Å². The number of halogens is 1. The minimum atomic E-state index is -3.66. The number of benzene rings is 2. The maximum Gasteiger partial charge on any atom is 0.320 e. The van der Waals surface area contributed by atoms with E-state index in [1.54, 1.807) is 31.2 Å². The van der Waals surface area contributed by atoms with Crippen molar-refractivity contribution >= 4 is 27.4 Å². The number of hydrogen-bond acceptors (Lipinski definition) is 5. The van der Waals surface area contributed by atoms with Gasteiger partial charge in [0.2, 0.25) is 0 Å². The first-order chi connectivity index (χ1) is 14.8. The van der Waals surface area contributed by atoms with E-state index >= 15 is 0 Å². The molecule has 0 radical (unpaired) electrons. The molecule has 1 N–H and O–H groups in total. The van der Waals surface area contributed by atoms with Gasteiger partial charge in [-0.3, -0.25) is 9.69 Å². The van der Waals surface area contributed by atoms with Crippen LogP contribution in [0.15, 0.2) is 53.4 Å². The lowest BCUT2D eigenvalue weighted by Crippen LogP contribution is -2.49. The van der Waals surface area contributed by atoms with Gasteiger partial charge < -0.3 is 9.84 Å². The molecule has 1 aliphatic rings. The highest BCUT2D eigenvalue weighted by molar-refractivity contribution is 7.92. The van der Waals surface area contributed by atoms with Gasteiger partial charge in [0.25, 0.3) is 0 Å². The summed E-state index contributed by atoms with van der Waals surface area (Å²) in [5.41, 5.74) is 0.931. The molecule has 0 spiro atoms. The molecule has 0 saturated carbocycles. The van der Waals surface area contributed by atoms with Crippen LogP contribution in [-0.4, -0.2) is 48.8 Å². The van der Waals surface area contributed by atoms with E-state index in [4.69, 9.17) is 16.3 Å². The van der Waals surface area contributed by atoms with Gasteiger partial charge in [-0.2, -0.15) is 0 Å². The molecule has 6 nitrogen and oxygen atoms in total. The molecule has 1 saturated heterocycles. The molecule has 31 heavy (non-hydrogen) atoms. The predicted octanol–water partition coefficient (Wildman–Crippen LogP) is 3.63. The highest BCUT2D eigenvalue weighted by Crippen LogP contribution is 2.30. The van der Waals surface area contributed by atoms with Crippen LogP contribution in [0.5, 0.6) is 5.75 Å². The van der Waals surface area contributed by atoms with Crippen LogP contribution in [0.1, 0.15) is 25.3 Å². The monoisotopic (exact) mass is 461 g/mol. The van der Waals surface area contributed by atoms with Crippen molar-refractivity contribution < 1.29 is 23.1 Å². The molecule has 2 aromatic carbocycles. The van der Waals surface area contributed by atoms with Crippen molar-refractivity contribution in [2.75, 3.05) is 13.2 Å². The lowest BCUT2D eigenvalue weighted by atomic mass is 10.0. The summed E-state index contributed by atoms with van der Waals surface area (Å²) in [5, 5.41) is 9.59. The molecule has 0 amide bonds. The van der Waals surface area contributed by atoms with Gasteiger partial charge in [-0.15, -0.1) is 5.92 Å². The summed E-state index contributed by atoms with van der Waals surface area (Å²) in [4.78, 5) is 13.9. The van der Waals surface area contributed by atoms with Gasteiger partial charge in [0.1, 0.15) is 18.4 Å². The Labute approximate surface area is 187 Å². The minimum absolute atomic E-state index is 0.0373. The molecule has 2 atom stereocenters. The number of carboxylic acid groups (broad SMARTS) is 1. The molecule has 0 aliphatic carbocycles. The Morgan fingerprint density at radius 3 is 2.48 bits per heavy atom. The molecule has 1 fully saturated rings. The second-order valence-electron chi connectivity index (χ2n) is 7.33. The summed E-state index contributed by atoms with van der Waals surface area (Å²) in [6.45, 7) is 2.74. The van der Waals surface area contributed by atoms with Crippen LogP contribution >= 0.6 is 11.6 Å². The molecule has 2 aromatic rings. The van der Waals surface area contributed by atoms with Gasteiger partial charge in [-0.25, -0.2) is 8.42 Å². The number of piperidine rings is 1. The molecular formula is C23H24ClNO5S. The summed E-state index contributed by atoms with van der Waals surface area (Å²) in [6, 6.07) is 12.5. The van der Waals surface area contributed by atoms with Crippen LogP contribution in [0.4, 0.5) is 0 Å². The number of carboxylic acids is 1. The van der Waals surface area contributed by atoms with Crippen molar-refractivity contribution in [2.45, 2.75) is 42.5 Å². The van der Waals surface area contributed by atoms with Crippen molar-refractivity contribution in [3.63, 3.8) is 0 Å². The number of sulfone groups is 1. The fourth-order valence-electron chi connectivity index (χ4n) is 3.64. The van der Waals surface area contributed by atoms with E-state index in [0.717, 1.165) is 5.56 Å². The van der Waals surface area contributed by atoms with Crippen LogP contribution in [0.3, 0.4) is 0 Å². The summed E-state index contributed by atoms with van der Waals surface area (Å²) >= 11 is 5.91. The zero-order valence-electron chi connectivity index (χ0n) is 17.1. The third kappa shape index (κ3) is 5.79. The van der Waals surface area contributed by atoms with Crippen molar-refractivity contribution in [3.05, 3.63) is 59.1 Å². The van der Waals surface area contributed by atoms with Gasteiger partial charge in [0, 0.05) is 18.1 Å². The number of carbonyl (C=O) groups is 1. The number of rotatable bonds is 7. The Hall–Kier alpha value is -2.53. The number of hydrogen-bond donors (Lipinski definition) is 1. The summed E-state index contributed by atoms with van der Waals surface area (Å²) in [6.07, 6.45) is 0.402. The Morgan fingerprint density at radius 1 is 1.19 bits per heavy atom. The maximum absolute atomic E-state index is 13.1. The first-order valence-electron chi connectivity index (χ1n) is 9.89. The van der Waals surface area contributed by atoms with Crippen molar-refractivity contribution in [3.8, 4) is 17.6 Å². The van der Waals surface area contributed by atoms with Crippen LogP contribution in [0.2, 0.25) is 5.02 Å². The third-order valence-electron chi connectivity index (χ3n) is 5.33. The molecular weight excluding hydrogens is 438 g/mol. The normalized spacial score (nSPS) is 19.3. The van der Waals surface area contributed by atoms with Crippen molar-refractivity contribution in [1.29, 1.82) is 0 Å². The largest absolute Gasteiger partial charge is 0.481 e. The Kier molecular flexibility index (Phi) is 7.60. The predicted molar refractivity (Wildman–Crippen MR) is 119 cm³/mol. The lowest BCUT2D eigenvalue weighted by molar-refractivity contribution is -0.144. The average molecular weight is 462 g/mol. The zero-order valence-corrected chi connectivity index (χ0v) is 18.7. The standard InChI is InChI=1S/C23H24ClNO5S/c1-2-3-14-30-19-8-10-20(11-9-19)31(28,29)21-12-13-25(22(15-21)23(26)27)16-17-4-6-18(24)7-5-17/h4-11,21-22H,12-16H2,1H3,(H,26,27). The highest BCUT2D eigenvalue weighted by Gasteiger charge is 2.39. The van der Waals surface area contributed by atoms with E-state index < -0.39 is 27.1 Å². The van der Waals surface area contributed by atoms with Crippen molar-refractivity contribution in [2.24, 2.45) is 0 Å². The van der Waals surface area contributed by atoms with Crippen molar-refractivity contribution in [1.82, 2.24) is 4.90 Å². The smallest absolute Gasteiger partial charge is 0.320 e. The van der Waals surface area contributed by atoms with E-state index in [2.05, 4.69) is 11.8 Å². The Morgan fingerprint density at radius 2 is 1.87 bits per heavy atom. The van der Waals surface area contributed by atoms with Crippen LogP contribution in [0, 0.1) is 11.8 Å². The first-order valence-corrected chi connectivity index (χ1v) is 11.8. The number of ether oxygens (including phenoxy) is 1. The molecule has 2 unspecified atom stereocenters. The summed E-state index contributed by atoms with van der Waals surface area (Å²) < 4.78 is 31.7. The lowest BCUT2D eigenvalue weighted by Gasteiger charge is -2.36. The molecule has 0 bridgehead atoms. The van der Waals surface area contributed by atoms with Crippen LogP contribution < -0.4 is 4.74 Å². The molecule has 1 heterocycles. The highest BCUT2D eigenvalue weighted by atomic mass is 35.5. The second-order valence-corrected chi connectivity index (χ2v) is 9.99. The Bertz CT molecular complexity index is 1070. The van der Waals surface area contributed by atoms with E-state index in [-0.39, 0.29) is 17.9 Å². The van der Waals surface area contributed by atoms with Crippen LogP contribution in [-0.2, 0) is 21.2 Å². The summed E-state index contributed by atoms with van der Waals surface area (Å²) in [5.74, 6) is 5.01. The minimum Gasteiger partial charge on any atom is -0.481 e. The molecule has 164 valence electrons. The number of likely N-dealkylation sites (tertiary alicyclic amines) is 1. The second kappa shape index (κ2) is 10.2. The quantitative estimate of drug-likeness (QED) is 0.634. The zero-order chi connectivity index (χ0) is 22.4. The topological polar surface area (TPSA) is 83.9 Å². The maximum atomic E-state index is 13.1. The SMILES string of the molecule is CC#CCOc1ccc(S(=O)(=O)C2CCN(Cc3ccc(Cl)cc3)C(C(=O)O)C2)cc1. The number of aliphatic carboxylic acids is 1. The van der Waals surface area contributed by atoms with Gasteiger partial charge >= 0.3 is 5.97 Å². The Balaban J connectivity index is 1.72. The molecule has 8 heteroatoms. The first kappa shape index (κ1) is 23.1. The van der Waals surface area contributed by atoms with Gasteiger partial charge in [-0.1, -0.05) is 29.7 Å². The van der Waals surface area contributed by atoms with Gasteiger partial charge in [-0.05, 0) is 61.7 Å². The van der Waals surface area contributed by atoms with E-state index in [1.807, 2.05) is 17.0 Å². The average Bonchev–Trinajstić information content (AvgIpc) is 2.76. The summed E-state index contributed by atoms with van der Waals surface area (Å²) in [7, 11) is -3.66. The molecule has 1 aliphatic heterocycles. The van der Waals surface area contributed by atoms with Gasteiger partial charge in [0.15, 0.2) is 9.84 Å². The van der Waals surface area contributed by atoms with E-state index in [9.17, 15) is 18.3 Å².